The van der Waals surface area contributed by atoms with E-state index in [1.807, 2.05) is 6.92 Å². The minimum absolute atomic E-state index is 0.0241. The van der Waals surface area contributed by atoms with Gasteiger partial charge in [-0.05, 0) is 30.7 Å². The van der Waals surface area contributed by atoms with Gasteiger partial charge in [-0.25, -0.2) is 15.0 Å². The number of anilines is 2. The SMILES string of the molecule is CC(=O)Nc1cc(-c2nc(C(=O)Nc3cnccn3)c(-c3ccccc3Cl)o2)c(C)cn1. The van der Waals surface area contributed by atoms with Crippen LogP contribution in [0.15, 0.2) is 59.5 Å². The molecule has 0 aliphatic rings. The Morgan fingerprint density at radius 3 is 2.53 bits per heavy atom. The van der Waals surface area contributed by atoms with Crippen LogP contribution in [0.5, 0.6) is 0 Å². The average Bonchev–Trinajstić information content (AvgIpc) is 3.21. The van der Waals surface area contributed by atoms with Crippen LogP contribution in [-0.4, -0.2) is 31.8 Å². The molecule has 2 amide bonds. The van der Waals surface area contributed by atoms with Gasteiger partial charge in [-0.1, -0.05) is 23.7 Å². The van der Waals surface area contributed by atoms with Gasteiger partial charge in [0.25, 0.3) is 5.91 Å². The predicted molar refractivity (Wildman–Crippen MR) is 119 cm³/mol. The molecule has 0 radical (unpaired) electrons. The number of pyridine rings is 1. The van der Waals surface area contributed by atoms with Crippen molar-refractivity contribution in [2.24, 2.45) is 0 Å². The zero-order chi connectivity index (χ0) is 22.7. The van der Waals surface area contributed by atoms with Gasteiger partial charge in [0.1, 0.15) is 5.82 Å². The van der Waals surface area contributed by atoms with Crippen LogP contribution in [0.3, 0.4) is 0 Å². The van der Waals surface area contributed by atoms with Gasteiger partial charge in [0, 0.05) is 36.6 Å². The molecule has 0 spiro atoms. The summed E-state index contributed by atoms with van der Waals surface area (Å²) < 4.78 is 6.03. The quantitative estimate of drug-likeness (QED) is 0.464. The predicted octanol–water partition coefficient (Wildman–Crippen LogP) is 4.37. The van der Waals surface area contributed by atoms with Gasteiger partial charge in [-0.2, -0.15) is 0 Å². The lowest BCUT2D eigenvalue weighted by Crippen LogP contribution is -2.14. The highest BCUT2D eigenvalue weighted by Crippen LogP contribution is 2.35. The molecule has 0 unspecified atom stereocenters. The molecular weight excluding hydrogens is 432 g/mol. The Morgan fingerprint density at radius 2 is 1.81 bits per heavy atom. The van der Waals surface area contributed by atoms with Gasteiger partial charge in [0.05, 0.1) is 11.2 Å². The van der Waals surface area contributed by atoms with Gasteiger partial charge in [0.15, 0.2) is 17.3 Å². The number of carbonyl (C=O) groups excluding carboxylic acids is 2. The molecular formula is C22H17ClN6O3. The van der Waals surface area contributed by atoms with E-state index in [0.717, 1.165) is 5.56 Å². The number of hydrogen-bond acceptors (Lipinski definition) is 7. The lowest BCUT2D eigenvalue weighted by molar-refractivity contribution is -0.114. The Balaban J connectivity index is 1.82. The van der Waals surface area contributed by atoms with Gasteiger partial charge in [0.2, 0.25) is 11.8 Å². The first-order valence-corrected chi connectivity index (χ1v) is 9.88. The van der Waals surface area contributed by atoms with E-state index in [1.54, 1.807) is 36.5 Å². The van der Waals surface area contributed by atoms with Crippen molar-refractivity contribution in [1.82, 2.24) is 19.9 Å². The van der Waals surface area contributed by atoms with Crippen LogP contribution in [0.1, 0.15) is 23.0 Å². The fourth-order valence-electron chi connectivity index (χ4n) is 2.96. The van der Waals surface area contributed by atoms with Gasteiger partial charge < -0.3 is 15.1 Å². The van der Waals surface area contributed by atoms with Crippen molar-refractivity contribution in [3.63, 3.8) is 0 Å². The smallest absolute Gasteiger partial charge is 0.279 e. The van der Waals surface area contributed by atoms with Crippen molar-refractivity contribution in [2.45, 2.75) is 13.8 Å². The highest BCUT2D eigenvalue weighted by atomic mass is 35.5. The summed E-state index contributed by atoms with van der Waals surface area (Å²) in [6.45, 7) is 3.20. The Kier molecular flexibility index (Phi) is 5.91. The van der Waals surface area contributed by atoms with E-state index in [1.165, 1.54) is 25.5 Å². The molecule has 1 aromatic carbocycles. The van der Waals surface area contributed by atoms with E-state index < -0.39 is 5.91 Å². The van der Waals surface area contributed by atoms with E-state index in [9.17, 15) is 9.59 Å². The fraction of sp³-hybridized carbons (Fsp3) is 0.0909. The standard InChI is InChI=1S/C22H17ClN6O3/c1-12-10-26-17(27-13(2)30)9-15(12)22-29-19(21(31)28-18-11-24-7-8-25-18)20(32-22)14-5-3-4-6-16(14)23/h3-11H,1-2H3,(H,25,28,31)(H,26,27,30). The van der Waals surface area contributed by atoms with Crippen LogP contribution in [0.4, 0.5) is 11.6 Å². The molecule has 32 heavy (non-hydrogen) atoms. The number of nitrogens with zero attached hydrogens (tertiary/aromatic N) is 4. The molecule has 0 atom stereocenters. The summed E-state index contributed by atoms with van der Waals surface area (Å²) in [7, 11) is 0. The molecule has 4 rings (SSSR count). The zero-order valence-electron chi connectivity index (χ0n) is 17.1. The number of aromatic nitrogens is 4. The van der Waals surface area contributed by atoms with E-state index in [4.69, 9.17) is 16.0 Å². The first-order valence-electron chi connectivity index (χ1n) is 9.50. The lowest BCUT2D eigenvalue weighted by atomic mass is 10.1. The second-order valence-electron chi connectivity index (χ2n) is 6.79. The first kappa shape index (κ1) is 21.1. The summed E-state index contributed by atoms with van der Waals surface area (Å²) in [5.41, 5.74) is 1.84. The normalized spacial score (nSPS) is 10.6. The number of amides is 2. The second kappa shape index (κ2) is 8.94. The number of oxazole rings is 1. The molecule has 0 fully saturated rings. The number of rotatable bonds is 5. The molecule has 0 saturated heterocycles. The highest BCUT2D eigenvalue weighted by Gasteiger charge is 2.25. The molecule has 3 aromatic heterocycles. The molecule has 9 nitrogen and oxygen atoms in total. The molecule has 4 aromatic rings. The molecule has 2 N–H and O–H groups in total. The number of nitrogens with one attached hydrogen (secondary N) is 2. The Labute approximate surface area is 187 Å². The summed E-state index contributed by atoms with van der Waals surface area (Å²) in [5, 5.41) is 5.68. The maximum Gasteiger partial charge on any atom is 0.279 e. The minimum Gasteiger partial charge on any atom is -0.435 e. The highest BCUT2D eigenvalue weighted by molar-refractivity contribution is 6.33. The maximum atomic E-state index is 13.0. The van der Waals surface area contributed by atoms with Crippen LogP contribution in [0.25, 0.3) is 22.8 Å². The molecule has 0 aliphatic carbocycles. The van der Waals surface area contributed by atoms with Crippen molar-refractivity contribution in [3.05, 3.63) is 71.4 Å². The summed E-state index contributed by atoms with van der Waals surface area (Å²) in [5.74, 6) is 0.172. The number of aryl methyl sites for hydroxylation is 1. The third-order valence-corrected chi connectivity index (χ3v) is 4.73. The van der Waals surface area contributed by atoms with E-state index in [0.29, 0.717) is 22.0 Å². The number of hydrogen-bond donors (Lipinski definition) is 2. The average molecular weight is 449 g/mol. The number of halogens is 1. The van der Waals surface area contributed by atoms with Crippen LogP contribution >= 0.6 is 11.6 Å². The zero-order valence-corrected chi connectivity index (χ0v) is 17.8. The number of carbonyl (C=O) groups is 2. The van der Waals surface area contributed by atoms with Gasteiger partial charge >= 0.3 is 0 Å². The Morgan fingerprint density at radius 1 is 1.00 bits per heavy atom. The summed E-state index contributed by atoms with van der Waals surface area (Å²) >= 11 is 6.37. The number of benzene rings is 1. The third kappa shape index (κ3) is 4.47. The molecule has 0 aliphatic heterocycles. The maximum absolute atomic E-state index is 13.0. The van der Waals surface area contributed by atoms with E-state index in [2.05, 4.69) is 30.6 Å². The van der Waals surface area contributed by atoms with Crippen molar-refractivity contribution in [1.29, 1.82) is 0 Å². The fourth-order valence-corrected chi connectivity index (χ4v) is 3.18. The van der Waals surface area contributed by atoms with Crippen LogP contribution in [-0.2, 0) is 4.79 Å². The summed E-state index contributed by atoms with van der Waals surface area (Å²) in [6, 6.07) is 8.60. The van der Waals surface area contributed by atoms with Crippen LogP contribution in [0, 0.1) is 6.92 Å². The van der Waals surface area contributed by atoms with E-state index >= 15 is 0 Å². The topological polar surface area (TPSA) is 123 Å². The monoisotopic (exact) mass is 448 g/mol. The molecule has 0 bridgehead atoms. The van der Waals surface area contributed by atoms with Gasteiger partial charge in [-0.15, -0.1) is 0 Å². The molecule has 0 saturated carbocycles. The van der Waals surface area contributed by atoms with Crippen LogP contribution < -0.4 is 10.6 Å². The second-order valence-corrected chi connectivity index (χ2v) is 7.19. The lowest BCUT2D eigenvalue weighted by Gasteiger charge is -2.05. The Hall–Kier alpha value is -4.11. The first-order chi connectivity index (χ1) is 15.4. The van der Waals surface area contributed by atoms with Crippen molar-refractivity contribution >= 4 is 35.1 Å². The summed E-state index contributed by atoms with van der Waals surface area (Å²) in [4.78, 5) is 41.1. The Bertz CT molecular complexity index is 1310. The summed E-state index contributed by atoms with van der Waals surface area (Å²) in [6.07, 6.45) is 5.96. The molecule has 3 heterocycles. The van der Waals surface area contributed by atoms with Crippen LogP contribution in [0.2, 0.25) is 5.02 Å². The van der Waals surface area contributed by atoms with Crippen molar-refractivity contribution in [3.8, 4) is 22.8 Å². The largest absolute Gasteiger partial charge is 0.435 e. The van der Waals surface area contributed by atoms with Crippen molar-refractivity contribution in [2.75, 3.05) is 10.6 Å². The van der Waals surface area contributed by atoms with E-state index in [-0.39, 0.29) is 29.1 Å². The third-order valence-electron chi connectivity index (χ3n) is 4.40. The van der Waals surface area contributed by atoms with Gasteiger partial charge in [-0.3, -0.25) is 14.6 Å². The molecule has 160 valence electrons. The minimum atomic E-state index is -0.538. The molecule has 10 heteroatoms. The van der Waals surface area contributed by atoms with Crippen molar-refractivity contribution < 1.29 is 14.0 Å².